The van der Waals surface area contributed by atoms with Gasteiger partial charge in [-0.05, 0) is 36.8 Å². The van der Waals surface area contributed by atoms with Crippen LogP contribution in [0.5, 0.6) is 0 Å². The van der Waals surface area contributed by atoms with Crippen molar-refractivity contribution in [2.75, 3.05) is 0 Å². The summed E-state index contributed by atoms with van der Waals surface area (Å²) in [5, 5.41) is 0. The molecule has 0 atom stereocenters. The fourth-order valence-electron chi connectivity index (χ4n) is 1.92. The van der Waals surface area contributed by atoms with E-state index in [1.165, 1.54) is 49.7 Å². The molecule has 1 rings (SSSR count). The van der Waals surface area contributed by atoms with Crippen LogP contribution >= 0.6 is 12.2 Å². The molecule has 0 fully saturated rings. The van der Waals surface area contributed by atoms with Gasteiger partial charge in [0.1, 0.15) is 0 Å². The topological polar surface area (TPSA) is 0 Å². The van der Waals surface area contributed by atoms with Gasteiger partial charge in [0.25, 0.3) is 0 Å². The van der Waals surface area contributed by atoms with Crippen LogP contribution in [0.15, 0.2) is 24.3 Å². The lowest BCUT2D eigenvalue weighted by atomic mass is 10.0. The zero-order valence-corrected chi connectivity index (χ0v) is 12.0. The molecular weight excluding hydrogens is 224 g/mol. The van der Waals surface area contributed by atoms with Crippen LogP contribution in [0.2, 0.25) is 0 Å². The van der Waals surface area contributed by atoms with Crippen LogP contribution in [0.3, 0.4) is 0 Å². The van der Waals surface area contributed by atoms with Crippen molar-refractivity contribution in [3.05, 3.63) is 35.4 Å². The van der Waals surface area contributed by atoms with Crippen molar-refractivity contribution in [2.24, 2.45) is 0 Å². The van der Waals surface area contributed by atoms with Crippen molar-refractivity contribution in [1.29, 1.82) is 0 Å². The molecular formula is C16H24S. The third kappa shape index (κ3) is 5.45. The second-order valence-electron chi connectivity index (χ2n) is 4.68. The second-order valence-corrected chi connectivity index (χ2v) is 5.17. The van der Waals surface area contributed by atoms with E-state index >= 15 is 0 Å². The molecule has 0 spiro atoms. The van der Waals surface area contributed by atoms with E-state index in [0.717, 1.165) is 11.3 Å². The lowest BCUT2D eigenvalue weighted by Gasteiger charge is -2.05. The summed E-state index contributed by atoms with van der Waals surface area (Å²) in [6, 6.07) is 8.85. The molecule has 0 unspecified atom stereocenters. The van der Waals surface area contributed by atoms with Crippen LogP contribution < -0.4 is 0 Å². The summed E-state index contributed by atoms with van der Waals surface area (Å²) < 4.78 is 0. The molecule has 94 valence electrons. The van der Waals surface area contributed by atoms with Gasteiger partial charge in [0.2, 0.25) is 0 Å². The zero-order valence-electron chi connectivity index (χ0n) is 11.2. The first-order valence-corrected chi connectivity index (χ1v) is 7.31. The van der Waals surface area contributed by atoms with Crippen LogP contribution in [0.4, 0.5) is 0 Å². The normalized spacial score (nSPS) is 10.5. The van der Waals surface area contributed by atoms with E-state index in [9.17, 15) is 0 Å². The molecule has 0 aliphatic carbocycles. The number of thiocarbonyl (C=S) groups is 1. The number of hydrogen-bond donors (Lipinski definition) is 0. The minimum Gasteiger partial charge on any atom is -0.0843 e. The predicted octanol–water partition coefficient (Wildman–Crippen LogP) is 5.33. The predicted molar refractivity (Wildman–Crippen MR) is 80.9 cm³/mol. The molecule has 0 saturated heterocycles. The quantitative estimate of drug-likeness (QED) is 0.340. The van der Waals surface area contributed by atoms with Crippen molar-refractivity contribution < 1.29 is 0 Å². The third-order valence-electron chi connectivity index (χ3n) is 3.10. The van der Waals surface area contributed by atoms with E-state index in [1.54, 1.807) is 0 Å². The van der Waals surface area contributed by atoms with Crippen molar-refractivity contribution in [3.63, 3.8) is 0 Å². The summed E-state index contributed by atoms with van der Waals surface area (Å²) in [6.07, 6.45) is 8.58. The average molecular weight is 248 g/mol. The van der Waals surface area contributed by atoms with Crippen LogP contribution in [-0.2, 0) is 6.42 Å². The van der Waals surface area contributed by atoms with Gasteiger partial charge in [-0.2, -0.15) is 0 Å². The Hall–Kier alpha value is -0.690. The Bertz CT molecular complexity index is 324. The summed E-state index contributed by atoms with van der Waals surface area (Å²) >= 11 is 5.46. The number of aryl methyl sites for hydroxylation is 1. The highest BCUT2D eigenvalue weighted by atomic mass is 32.1. The van der Waals surface area contributed by atoms with Gasteiger partial charge in [0, 0.05) is 4.86 Å². The Morgan fingerprint density at radius 3 is 2.18 bits per heavy atom. The Morgan fingerprint density at radius 1 is 0.941 bits per heavy atom. The highest BCUT2D eigenvalue weighted by Gasteiger charge is 2.01. The van der Waals surface area contributed by atoms with Gasteiger partial charge in [0.15, 0.2) is 0 Å². The minimum absolute atomic E-state index is 1.07. The van der Waals surface area contributed by atoms with Gasteiger partial charge in [-0.1, -0.05) is 69.6 Å². The van der Waals surface area contributed by atoms with Crippen LogP contribution in [0.1, 0.15) is 63.5 Å². The summed E-state index contributed by atoms with van der Waals surface area (Å²) in [5.41, 5.74) is 2.68. The fourth-order valence-corrected chi connectivity index (χ4v) is 2.20. The van der Waals surface area contributed by atoms with Gasteiger partial charge in [-0.25, -0.2) is 0 Å². The van der Waals surface area contributed by atoms with E-state index in [2.05, 4.69) is 38.1 Å². The van der Waals surface area contributed by atoms with E-state index in [-0.39, 0.29) is 0 Å². The Morgan fingerprint density at radius 2 is 1.59 bits per heavy atom. The van der Waals surface area contributed by atoms with Gasteiger partial charge in [0.05, 0.1) is 0 Å². The number of benzene rings is 1. The molecule has 1 heteroatoms. The first kappa shape index (κ1) is 14.4. The van der Waals surface area contributed by atoms with Crippen molar-refractivity contribution in [1.82, 2.24) is 0 Å². The Balaban J connectivity index is 2.46. The third-order valence-corrected chi connectivity index (χ3v) is 3.54. The molecule has 1 aromatic carbocycles. The minimum atomic E-state index is 1.07. The number of rotatable bonds is 8. The van der Waals surface area contributed by atoms with Crippen LogP contribution in [-0.4, -0.2) is 4.86 Å². The molecule has 0 aliphatic rings. The molecule has 0 radical (unpaired) electrons. The van der Waals surface area contributed by atoms with Gasteiger partial charge >= 0.3 is 0 Å². The highest BCUT2D eigenvalue weighted by Crippen LogP contribution is 2.12. The molecule has 1 aromatic rings. The molecule has 0 N–H and O–H groups in total. The Labute approximate surface area is 111 Å². The lowest BCUT2D eigenvalue weighted by molar-refractivity contribution is 0.745. The molecule has 0 nitrogen and oxygen atoms in total. The molecule has 0 heterocycles. The van der Waals surface area contributed by atoms with Crippen LogP contribution in [0, 0.1) is 0 Å². The van der Waals surface area contributed by atoms with Gasteiger partial charge < -0.3 is 0 Å². The molecule has 17 heavy (non-hydrogen) atoms. The second kappa shape index (κ2) is 8.41. The molecule has 0 saturated carbocycles. The van der Waals surface area contributed by atoms with Crippen LogP contribution in [0.25, 0.3) is 0 Å². The maximum absolute atomic E-state index is 5.46. The summed E-state index contributed by atoms with van der Waals surface area (Å²) in [7, 11) is 0. The molecule has 0 amide bonds. The van der Waals surface area contributed by atoms with E-state index in [4.69, 9.17) is 12.2 Å². The maximum atomic E-state index is 5.46. The SMILES string of the molecule is CCCCCC(=S)c1ccc(CCCC)cc1. The summed E-state index contributed by atoms with van der Waals surface area (Å²) in [6.45, 7) is 4.46. The largest absolute Gasteiger partial charge is 0.0843 e. The summed E-state index contributed by atoms with van der Waals surface area (Å²) in [5.74, 6) is 0. The van der Waals surface area contributed by atoms with E-state index in [0.29, 0.717) is 0 Å². The van der Waals surface area contributed by atoms with Crippen molar-refractivity contribution in [2.45, 2.75) is 58.8 Å². The lowest BCUT2D eigenvalue weighted by Crippen LogP contribution is -1.97. The molecule has 0 aliphatic heterocycles. The maximum Gasteiger partial charge on any atom is 0.0224 e. The monoisotopic (exact) mass is 248 g/mol. The Kier molecular flexibility index (Phi) is 7.11. The number of hydrogen-bond acceptors (Lipinski definition) is 1. The summed E-state index contributed by atoms with van der Waals surface area (Å²) in [4.78, 5) is 1.13. The molecule has 0 aromatic heterocycles. The van der Waals surface area contributed by atoms with E-state index in [1.807, 2.05) is 0 Å². The first-order chi connectivity index (χ1) is 8.27. The number of unbranched alkanes of at least 4 members (excludes halogenated alkanes) is 3. The average Bonchev–Trinajstić information content (AvgIpc) is 2.37. The standard InChI is InChI=1S/C16H24S/c1-3-5-7-9-16(17)15-12-10-14(11-13-15)8-6-4-2/h10-13H,3-9H2,1-2H3. The first-order valence-electron chi connectivity index (χ1n) is 6.90. The van der Waals surface area contributed by atoms with Crippen molar-refractivity contribution >= 4 is 17.1 Å². The highest BCUT2D eigenvalue weighted by molar-refractivity contribution is 7.80. The molecule has 0 bridgehead atoms. The van der Waals surface area contributed by atoms with Gasteiger partial charge in [-0.3, -0.25) is 0 Å². The van der Waals surface area contributed by atoms with E-state index < -0.39 is 0 Å². The fraction of sp³-hybridized carbons (Fsp3) is 0.562. The van der Waals surface area contributed by atoms with Crippen molar-refractivity contribution in [3.8, 4) is 0 Å². The smallest absolute Gasteiger partial charge is 0.0224 e. The zero-order chi connectivity index (χ0) is 12.5. The van der Waals surface area contributed by atoms with Gasteiger partial charge in [-0.15, -0.1) is 0 Å².